The summed E-state index contributed by atoms with van der Waals surface area (Å²) in [5.41, 5.74) is 1.22. The van der Waals surface area contributed by atoms with Gasteiger partial charge in [0.05, 0.1) is 18.2 Å². The van der Waals surface area contributed by atoms with Crippen LogP contribution in [-0.2, 0) is 20.9 Å². The van der Waals surface area contributed by atoms with Gasteiger partial charge in [0.1, 0.15) is 18.8 Å². The lowest BCUT2D eigenvalue weighted by Crippen LogP contribution is -2.30. The average Bonchev–Trinajstić information content (AvgIpc) is 2.94. The molecule has 1 aliphatic heterocycles. The Bertz CT molecular complexity index is 797. The van der Waals surface area contributed by atoms with E-state index in [0.29, 0.717) is 18.8 Å². The van der Waals surface area contributed by atoms with Crippen LogP contribution in [0.25, 0.3) is 0 Å². The van der Waals surface area contributed by atoms with Crippen molar-refractivity contribution in [1.29, 1.82) is 0 Å². The fourth-order valence-corrected chi connectivity index (χ4v) is 2.67. The number of benzene rings is 1. The third kappa shape index (κ3) is 4.02. The number of rotatable bonds is 7. The molecule has 1 unspecified atom stereocenters. The fraction of sp³-hybridized carbons (Fsp3) is 0.333. The molecule has 7 nitrogen and oxygen atoms in total. The first-order valence-corrected chi connectivity index (χ1v) is 8.09. The van der Waals surface area contributed by atoms with Gasteiger partial charge in [-0.25, -0.2) is 14.4 Å². The van der Waals surface area contributed by atoms with Crippen molar-refractivity contribution >= 4 is 11.7 Å². The van der Waals surface area contributed by atoms with E-state index in [2.05, 4.69) is 9.97 Å². The summed E-state index contributed by atoms with van der Waals surface area (Å²) >= 11 is 0. The first-order chi connectivity index (χ1) is 12.6. The third-order valence-electron chi connectivity index (χ3n) is 4.10. The molecule has 0 radical (unpaired) electrons. The molecule has 1 amide bonds. The molecule has 0 aliphatic carbocycles. The number of carbonyl (C=O) groups is 2. The summed E-state index contributed by atoms with van der Waals surface area (Å²) in [6, 6.07) is 7.48. The molecule has 1 atom stereocenters. The van der Waals surface area contributed by atoms with Crippen molar-refractivity contribution in [3.05, 3.63) is 53.7 Å². The van der Waals surface area contributed by atoms with Crippen LogP contribution < -0.4 is 4.74 Å². The maximum atomic E-state index is 12.9. The Balaban J connectivity index is 1.68. The zero-order chi connectivity index (χ0) is 18.5. The predicted molar refractivity (Wildman–Crippen MR) is 89.0 cm³/mol. The molecule has 1 aromatic heterocycles. The van der Waals surface area contributed by atoms with Crippen LogP contribution in [-0.4, -0.2) is 53.4 Å². The molecule has 2 aromatic rings. The highest BCUT2D eigenvalue weighted by atomic mass is 19.1. The number of ether oxygens (including phenoxy) is 2. The highest BCUT2D eigenvalue weighted by Gasteiger charge is 2.40. The minimum Gasteiger partial charge on any atom is -0.473 e. The first kappa shape index (κ1) is 17.9. The van der Waals surface area contributed by atoms with Crippen LogP contribution in [0.4, 0.5) is 4.39 Å². The number of carbonyl (C=O) groups excluding carboxylic acids is 2. The Labute approximate surface area is 149 Å². The van der Waals surface area contributed by atoms with Crippen LogP contribution in [0.5, 0.6) is 5.88 Å². The zero-order valence-corrected chi connectivity index (χ0v) is 14.2. The molecule has 0 N–H and O–H groups in total. The van der Waals surface area contributed by atoms with E-state index in [0.717, 1.165) is 5.56 Å². The quantitative estimate of drug-likeness (QED) is 0.694. The second-order valence-corrected chi connectivity index (χ2v) is 5.86. The average molecular weight is 359 g/mol. The standard InChI is InChI=1S/C18H18FN3O4/c1-25-7-6-22-9-14(17(23)18(22)24)15-8-16(21-11-20-15)26-10-12-2-4-13(19)5-3-12/h2-5,8,11,14H,6-7,9-10H2,1H3. The molecule has 136 valence electrons. The van der Waals surface area contributed by atoms with Crippen molar-refractivity contribution in [2.24, 2.45) is 0 Å². The van der Waals surface area contributed by atoms with E-state index >= 15 is 0 Å². The Morgan fingerprint density at radius 2 is 2.00 bits per heavy atom. The summed E-state index contributed by atoms with van der Waals surface area (Å²) in [5.74, 6) is -1.70. The van der Waals surface area contributed by atoms with Gasteiger partial charge in [-0.1, -0.05) is 12.1 Å². The van der Waals surface area contributed by atoms with Crippen LogP contribution in [0.1, 0.15) is 17.2 Å². The zero-order valence-electron chi connectivity index (χ0n) is 14.2. The van der Waals surface area contributed by atoms with E-state index in [1.54, 1.807) is 18.2 Å². The summed E-state index contributed by atoms with van der Waals surface area (Å²) in [4.78, 5) is 33.9. The maximum absolute atomic E-state index is 12.9. The lowest BCUT2D eigenvalue weighted by atomic mass is 10.0. The molecule has 1 aliphatic rings. The largest absolute Gasteiger partial charge is 0.473 e. The number of hydrogen-bond acceptors (Lipinski definition) is 6. The number of aromatic nitrogens is 2. The van der Waals surface area contributed by atoms with Gasteiger partial charge in [0.25, 0.3) is 5.91 Å². The van der Waals surface area contributed by atoms with Gasteiger partial charge in [0.15, 0.2) is 0 Å². The Hall–Kier alpha value is -2.87. The Kier molecular flexibility index (Phi) is 5.52. The third-order valence-corrected chi connectivity index (χ3v) is 4.10. The number of methoxy groups -OCH3 is 1. The molecule has 1 saturated heterocycles. The van der Waals surface area contributed by atoms with Gasteiger partial charge in [0, 0.05) is 26.3 Å². The van der Waals surface area contributed by atoms with Gasteiger partial charge in [-0.2, -0.15) is 0 Å². The number of ketones is 1. The van der Waals surface area contributed by atoms with Crippen molar-refractivity contribution in [3.8, 4) is 5.88 Å². The van der Waals surface area contributed by atoms with E-state index < -0.39 is 17.6 Å². The second kappa shape index (κ2) is 8.01. The van der Waals surface area contributed by atoms with Gasteiger partial charge in [-0.15, -0.1) is 0 Å². The van der Waals surface area contributed by atoms with Crippen LogP contribution in [0.3, 0.4) is 0 Å². The smallest absolute Gasteiger partial charge is 0.290 e. The Morgan fingerprint density at radius 1 is 1.23 bits per heavy atom. The number of hydrogen-bond donors (Lipinski definition) is 0. The summed E-state index contributed by atoms with van der Waals surface area (Å²) < 4.78 is 23.5. The minimum absolute atomic E-state index is 0.203. The molecular weight excluding hydrogens is 341 g/mol. The SMILES string of the molecule is COCCN1CC(c2cc(OCc3ccc(F)cc3)ncn2)C(=O)C1=O. The molecule has 1 fully saturated rings. The summed E-state index contributed by atoms with van der Waals surface area (Å²) in [6.07, 6.45) is 1.30. The van der Waals surface area contributed by atoms with Gasteiger partial charge >= 0.3 is 0 Å². The van der Waals surface area contributed by atoms with Crippen LogP contribution in [0, 0.1) is 5.82 Å². The highest BCUT2D eigenvalue weighted by Crippen LogP contribution is 2.25. The number of amides is 1. The molecule has 0 bridgehead atoms. The monoisotopic (exact) mass is 359 g/mol. The van der Waals surface area contributed by atoms with Crippen LogP contribution >= 0.6 is 0 Å². The van der Waals surface area contributed by atoms with Crippen molar-refractivity contribution in [2.75, 3.05) is 26.8 Å². The number of halogens is 1. The van der Waals surface area contributed by atoms with Crippen molar-refractivity contribution in [2.45, 2.75) is 12.5 Å². The lowest BCUT2D eigenvalue weighted by molar-refractivity contribution is -0.140. The fourth-order valence-electron chi connectivity index (χ4n) is 2.67. The number of Topliss-reactive ketones (excluding diaryl/α,β-unsaturated/α-hetero) is 1. The molecule has 2 heterocycles. The molecular formula is C18H18FN3O4. The predicted octanol–water partition coefficient (Wildman–Crippen LogP) is 1.34. The van der Waals surface area contributed by atoms with Crippen molar-refractivity contribution in [1.82, 2.24) is 14.9 Å². The van der Waals surface area contributed by atoms with E-state index in [1.165, 1.54) is 30.5 Å². The van der Waals surface area contributed by atoms with E-state index in [4.69, 9.17) is 9.47 Å². The molecule has 1 aromatic carbocycles. The van der Waals surface area contributed by atoms with E-state index in [1.807, 2.05) is 0 Å². The molecule has 8 heteroatoms. The van der Waals surface area contributed by atoms with Gasteiger partial charge < -0.3 is 14.4 Å². The minimum atomic E-state index is -0.643. The summed E-state index contributed by atoms with van der Waals surface area (Å²) in [6.45, 7) is 1.18. The van der Waals surface area contributed by atoms with Gasteiger partial charge in [0.2, 0.25) is 11.7 Å². The van der Waals surface area contributed by atoms with Gasteiger partial charge in [-0.05, 0) is 17.7 Å². The normalized spacial score (nSPS) is 17.0. The summed E-state index contributed by atoms with van der Waals surface area (Å²) in [7, 11) is 1.54. The van der Waals surface area contributed by atoms with Crippen molar-refractivity contribution in [3.63, 3.8) is 0 Å². The number of nitrogens with zero attached hydrogens (tertiary/aromatic N) is 3. The van der Waals surface area contributed by atoms with Crippen molar-refractivity contribution < 1.29 is 23.5 Å². The van der Waals surface area contributed by atoms with E-state index in [9.17, 15) is 14.0 Å². The molecule has 3 rings (SSSR count). The summed E-state index contributed by atoms with van der Waals surface area (Å²) in [5, 5.41) is 0. The van der Waals surface area contributed by atoms with Crippen LogP contribution in [0.2, 0.25) is 0 Å². The van der Waals surface area contributed by atoms with Crippen LogP contribution in [0.15, 0.2) is 36.7 Å². The van der Waals surface area contributed by atoms with Gasteiger partial charge in [-0.3, -0.25) is 9.59 Å². The highest BCUT2D eigenvalue weighted by molar-refractivity contribution is 6.40. The van der Waals surface area contributed by atoms with E-state index in [-0.39, 0.29) is 24.8 Å². The molecule has 26 heavy (non-hydrogen) atoms. The second-order valence-electron chi connectivity index (χ2n) is 5.86. The molecule has 0 spiro atoms. The maximum Gasteiger partial charge on any atom is 0.290 e. The number of likely N-dealkylation sites (tertiary alicyclic amines) is 1. The Morgan fingerprint density at radius 3 is 2.73 bits per heavy atom. The first-order valence-electron chi connectivity index (χ1n) is 8.09. The topological polar surface area (TPSA) is 81.6 Å². The molecule has 0 saturated carbocycles. The lowest BCUT2D eigenvalue weighted by Gasteiger charge is -2.14.